The summed E-state index contributed by atoms with van der Waals surface area (Å²) in [6.07, 6.45) is 9.71. The monoisotopic (exact) mass is 307 g/mol. The van der Waals surface area contributed by atoms with Gasteiger partial charge in [-0.3, -0.25) is 9.59 Å². The summed E-state index contributed by atoms with van der Waals surface area (Å²) in [6, 6.07) is 0.296. The Morgan fingerprint density at radius 2 is 1.86 bits per heavy atom. The van der Waals surface area contributed by atoms with Crippen molar-refractivity contribution in [3.05, 3.63) is 23.3 Å². The number of aliphatic hydroxyl groups is 1. The Balaban J connectivity index is 2.62. The molecule has 124 valence electrons. The first-order valence-corrected chi connectivity index (χ1v) is 8.21. The first-order valence-electron chi connectivity index (χ1n) is 8.21. The van der Waals surface area contributed by atoms with E-state index in [-0.39, 0.29) is 24.2 Å². The molecule has 0 aromatic carbocycles. The van der Waals surface area contributed by atoms with Gasteiger partial charge in [0, 0.05) is 12.5 Å². The minimum Gasteiger partial charge on any atom is -0.392 e. The Hall–Kier alpha value is -1.42. The Labute approximate surface area is 133 Å². The number of Topliss-reactive ketones (excluding diaryl/α,β-unsaturated/α-hetero) is 1. The van der Waals surface area contributed by atoms with Crippen molar-refractivity contribution in [1.82, 2.24) is 5.32 Å². The van der Waals surface area contributed by atoms with E-state index in [1.54, 1.807) is 19.1 Å². The second kappa shape index (κ2) is 9.57. The molecule has 0 bridgehead atoms. The maximum atomic E-state index is 12.2. The smallest absolute Gasteiger partial charge is 0.226 e. The first-order chi connectivity index (χ1) is 10.4. The predicted molar refractivity (Wildman–Crippen MR) is 88.4 cm³/mol. The fourth-order valence-corrected chi connectivity index (χ4v) is 2.88. The number of carbonyl (C=O) groups excluding carboxylic acids is 2. The maximum absolute atomic E-state index is 12.2. The van der Waals surface area contributed by atoms with Crippen LogP contribution in [0.15, 0.2) is 23.3 Å². The van der Waals surface area contributed by atoms with E-state index < -0.39 is 0 Å². The molecule has 0 spiro atoms. The molecule has 1 amide bonds. The number of amides is 1. The summed E-state index contributed by atoms with van der Waals surface area (Å²) in [4.78, 5) is 23.3. The van der Waals surface area contributed by atoms with Gasteiger partial charge in [0.25, 0.3) is 0 Å². The second-order valence-electron chi connectivity index (χ2n) is 6.40. The van der Waals surface area contributed by atoms with E-state index in [2.05, 4.69) is 5.32 Å². The van der Waals surface area contributed by atoms with E-state index in [1.165, 1.54) is 19.3 Å². The van der Waals surface area contributed by atoms with Crippen LogP contribution in [0.25, 0.3) is 0 Å². The molecule has 0 aromatic rings. The lowest BCUT2D eigenvalue weighted by Crippen LogP contribution is -2.38. The summed E-state index contributed by atoms with van der Waals surface area (Å²) in [5.74, 6) is -0.185. The largest absolute Gasteiger partial charge is 0.392 e. The van der Waals surface area contributed by atoms with Gasteiger partial charge in [-0.1, -0.05) is 43.9 Å². The molecular weight excluding hydrogens is 278 g/mol. The summed E-state index contributed by atoms with van der Waals surface area (Å²) >= 11 is 0. The molecule has 0 heterocycles. The van der Waals surface area contributed by atoms with Gasteiger partial charge in [-0.25, -0.2) is 0 Å². The van der Waals surface area contributed by atoms with Gasteiger partial charge < -0.3 is 10.4 Å². The fourth-order valence-electron chi connectivity index (χ4n) is 2.88. The average molecular weight is 307 g/mol. The van der Waals surface area contributed by atoms with Crippen LogP contribution in [0.2, 0.25) is 0 Å². The van der Waals surface area contributed by atoms with Crippen molar-refractivity contribution < 1.29 is 14.7 Å². The van der Waals surface area contributed by atoms with E-state index in [4.69, 9.17) is 0 Å². The van der Waals surface area contributed by atoms with Crippen molar-refractivity contribution >= 4 is 11.7 Å². The summed E-state index contributed by atoms with van der Waals surface area (Å²) in [7, 11) is 0. The van der Waals surface area contributed by atoms with E-state index in [9.17, 15) is 14.7 Å². The van der Waals surface area contributed by atoms with E-state index >= 15 is 0 Å². The number of rotatable bonds is 7. The second-order valence-corrected chi connectivity index (χ2v) is 6.40. The normalized spacial score (nSPS) is 18.9. The SMILES string of the molecule is CC(=O)C/C(C)=C/C(=C\[C@H](C)C(=O)NC1CCCCC1)CO. The summed E-state index contributed by atoms with van der Waals surface area (Å²) in [5, 5.41) is 12.5. The quantitative estimate of drug-likeness (QED) is 0.711. The standard InChI is InChI=1S/C18H29NO3/c1-13(9-15(3)21)10-16(12-20)11-14(2)18(22)19-17-7-5-4-6-8-17/h10-11,14,17,20H,4-9,12H2,1-3H3,(H,19,22)/b13-10+,16-11+/t14-/m0/s1. The Bertz CT molecular complexity index is 445. The molecule has 2 N–H and O–H groups in total. The molecule has 1 saturated carbocycles. The highest BCUT2D eigenvalue weighted by Crippen LogP contribution is 2.18. The number of aliphatic hydroxyl groups excluding tert-OH is 1. The lowest BCUT2D eigenvalue weighted by molar-refractivity contribution is -0.124. The van der Waals surface area contributed by atoms with Gasteiger partial charge in [0.05, 0.1) is 12.5 Å². The molecule has 4 heteroatoms. The first kappa shape index (κ1) is 18.6. The molecule has 22 heavy (non-hydrogen) atoms. The van der Waals surface area contributed by atoms with Crippen LogP contribution in [-0.4, -0.2) is 29.4 Å². The molecule has 0 aromatic heterocycles. The zero-order valence-electron chi connectivity index (χ0n) is 14.0. The van der Waals surface area contributed by atoms with E-state index in [1.807, 2.05) is 13.8 Å². The van der Waals surface area contributed by atoms with Crippen molar-refractivity contribution in [2.75, 3.05) is 6.61 Å². The molecule has 1 atom stereocenters. The minimum atomic E-state index is -0.287. The van der Waals surface area contributed by atoms with Gasteiger partial charge in [-0.15, -0.1) is 0 Å². The Morgan fingerprint density at radius 3 is 2.41 bits per heavy atom. The van der Waals surface area contributed by atoms with Crippen LogP contribution in [0.3, 0.4) is 0 Å². The molecule has 1 aliphatic rings. The average Bonchev–Trinajstić information content (AvgIpc) is 2.46. The lowest BCUT2D eigenvalue weighted by Gasteiger charge is -2.24. The lowest BCUT2D eigenvalue weighted by atomic mass is 9.94. The minimum absolute atomic E-state index is 0.00970. The van der Waals surface area contributed by atoms with E-state index in [0.29, 0.717) is 18.0 Å². The predicted octanol–water partition coefficient (Wildman–Crippen LogP) is 2.92. The highest BCUT2D eigenvalue weighted by molar-refractivity contribution is 5.80. The summed E-state index contributed by atoms with van der Waals surface area (Å²) in [6.45, 7) is 5.11. The number of allylic oxidation sites excluding steroid dienone is 1. The van der Waals surface area contributed by atoms with Gasteiger partial charge in [0.2, 0.25) is 5.91 Å². The Kier molecular flexibility index (Phi) is 8.10. The third-order valence-corrected chi connectivity index (χ3v) is 3.97. The van der Waals surface area contributed by atoms with Crippen LogP contribution in [0, 0.1) is 5.92 Å². The zero-order chi connectivity index (χ0) is 16.5. The third-order valence-electron chi connectivity index (χ3n) is 3.97. The summed E-state index contributed by atoms with van der Waals surface area (Å²) in [5.41, 5.74) is 1.58. The molecule has 1 fully saturated rings. The van der Waals surface area contributed by atoms with Gasteiger partial charge >= 0.3 is 0 Å². The number of ketones is 1. The number of nitrogens with one attached hydrogen (secondary N) is 1. The number of hydrogen-bond acceptors (Lipinski definition) is 3. The van der Waals surface area contributed by atoms with Crippen LogP contribution in [0.5, 0.6) is 0 Å². The zero-order valence-corrected chi connectivity index (χ0v) is 14.0. The highest BCUT2D eigenvalue weighted by Gasteiger charge is 2.18. The van der Waals surface area contributed by atoms with Crippen LogP contribution < -0.4 is 5.32 Å². The van der Waals surface area contributed by atoms with E-state index in [0.717, 1.165) is 18.4 Å². The van der Waals surface area contributed by atoms with Crippen molar-refractivity contribution in [3.63, 3.8) is 0 Å². The van der Waals surface area contributed by atoms with Crippen LogP contribution in [0.1, 0.15) is 59.3 Å². The third kappa shape index (κ3) is 7.03. The van der Waals surface area contributed by atoms with Crippen LogP contribution in [0.4, 0.5) is 0 Å². The molecule has 4 nitrogen and oxygen atoms in total. The highest BCUT2D eigenvalue weighted by atomic mass is 16.3. The number of hydrogen-bond donors (Lipinski definition) is 2. The van der Waals surface area contributed by atoms with Gasteiger partial charge in [-0.2, -0.15) is 0 Å². The molecule has 0 unspecified atom stereocenters. The summed E-state index contributed by atoms with van der Waals surface area (Å²) < 4.78 is 0. The van der Waals surface area contributed by atoms with Crippen molar-refractivity contribution in [3.8, 4) is 0 Å². The fraction of sp³-hybridized carbons (Fsp3) is 0.667. The van der Waals surface area contributed by atoms with Gasteiger partial charge in [0.15, 0.2) is 0 Å². The number of carbonyl (C=O) groups is 2. The molecule has 0 radical (unpaired) electrons. The van der Waals surface area contributed by atoms with Crippen molar-refractivity contribution in [1.29, 1.82) is 0 Å². The molecule has 1 rings (SSSR count). The van der Waals surface area contributed by atoms with Crippen LogP contribution >= 0.6 is 0 Å². The van der Waals surface area contributed by atoms with Gasteiger partial charge in [-0.05, 0) is 32.3 Å². The molecule has 0 saturated heterocycles. The van der Waals surface area contributed by atoms with Gasteiger partial charge in [0.1, 0.15) is 5.78 Å². The Morgan fingerprint density at radius 1 is 1.23 bits per heavy atom. The van der Waals surface area contributed by atoms with Crippen molar-refractivity contribution in [2.24, 2.45) is 5.92 Å². The molecular formula is C18H29NO3. The van der Waals surface area contributed by atoms with Crippen molar-refractivity contribution in [2.45, 2.75) is 65.3 Å². The molecule has 0 aliphatic heterocycles. The molecule has 1 aliphatic carbocycles. The maximum Gasteiger partial charge on any atom is 0.226 e. The van der Waals surface area contributed by atoms with Crippen LogP contribution in [-0.2, 0) is 9.59 Å². The topological polar surface area (TPSA) is 66.4 Å².